The molecule has 4 rings (SSSR count). The van der Waals surface area contributed by atoms with Crippen LogP contribution < -0.4 is 10.1 Å². The average Bonchev–Trinajstić information content (AvgIpc) is 3.14. The molecule has 4 aromatic rings. The lowest BCUT2D eigenvalue weighted by molar-refractivity contribution is -0.121. The van der Waals surface area contributed by atoms with Gasteiger partial charge in [-0.25, -0.2) is 4.98 Å². The first kappa shape index (κ1) is 20.9. The summed E-state index contributed by atoms with van der Waals surface area (Å²) >= 11 is 6.04. The molecule has 1 aromatic heterocycles. The van der Waals surface area contributed by atoms with Crippen LogP contribution in [0.5, 0.6) is 5.75 Å². The number of nitrogens with zero attached hydrogens (tertiary/aromatic N) is 2. The summed E-state index contributed by atoms with van der Waals surface area (Å²) in [7, 11) is 1.62. The van der Waals surface area contributed by atoms with E-state index in [1.807, 2.05) is 79.7 Å². The van der Waals surface area contributed by atoms with Gasteiger partial charge in [0.2, 0.25) is 5.91 Å². The molecule has 31 heavy (non-hydrogen) atoms. The van der Waals surface area contributed by atoms with Crippen molar-refractivity contribution in [3.8, 4) is 5.75 Å². The normalized spacial score (nSPS) is 12.0. The van der Waals surface area contributed by atoms with Crippen molar-refractivity contribution in [2.75, 3.05) is 7.11 Å². The van der Waals surface area contributed by atoms with Crippen molar-refractivity contribution in [2.45, 2.75) is 25.9 Å². The Bertz CT molecular complexity index is 1180. The van der Waals surface area contributed by atoms with E-state index in [9.17, 15) is 4.79 Å². The summed E-state index contributed by atoms with van der Waals surface area (Å²) in [5.41, 5.74) is 3.98. The largest absolute Gasteiger partial charge is 0.497 e. The highest BCUT2D eigenvalue weighted by Crippen LogP contribution is 2.23. The van der Waals surface area contributed by atoms with Gasteiger partial charge in [0.15, 0.2) is 0 Å². The van der Waals surface area contributed by atoms with E-state index in [1.165, 1.54) is 0 Å². The molecule has 0 aliphatic carbocycles. The molecule has 1 amide bonds. The lowest BCUT2D eigenvalue weighted by Gasteiger charge is -2.17. The molecule has 3 aromatic carbocycles. The van der Waals surface area contributed by atoms with Crippen molar-refractivity contribution in [3.63, 3.8) is 0 Å². The molecule has 1 heterocycles. The molecule has 1 N–H and O–H groups in total. The van der Waals surface area contributed by atoms with Gasteiger partial charge in [0.05, 0.1) is 30.6 Å². The van der Waals surface area contributed by atoms with Crippen LogP contribution in [0, 0.1) is 0 Å². The van der Waals surface area contributed by atoms with E-state index in [0.29, 0.717) is 18.0 Å². The lowest BCUT2D eigenvalue weighted by Crippen LogP contribution is -2.30. The first-order valence-corrected chi connectivity index (χ1v) is 10.5. The maximum atomic E-state index is 12.7. The molecule has 0 aliphatic heterocycles. The van der Waals surface area contributed by atoms with E-state index in [1.54, 1.807) is 7.11 Å². The van der Waals surface area contributed by atoms with Crippen LogP contribution in [0.15, 0.2) is 72.8 Å². The summed E-state index contributed by atoms with van der Waals surface area (Å²) in [6.45, 7) is 2.61. The van der Waals surface area contributed by atoms with Crippen LogP contribution in [-0.4, -0.2) is 22.6 Å². The van der Waals surface area contributed by atoms with Gasteiger partial charge in [-0.05, 0) is 54.4 Å². The molecule has 6 heteroatoms. The average molecular weight is 434 g/mol. The standard InChI is InChI=1S/C25H24ClN3O2/c1-17(27-24(30)15-18-9-13-21(31-2)14-10-18)25-28-22-5-3-4-6-23(22)29(25)16-19-7-11-20(26)12-8-19/h3-14,17H,15-16H2,1-2H3,(H,27,30). The fraction of sp³-hybridized carbons (Fsp3) is 0.200. The zero-order valence-corrected chi connectivity index (χ0v) is 18.3. The molecule has 1 unspecified atom stereocenters. The Morgan fingerprint density at radius 3 is 2.42 bits per heavy atom. The minimum absolute atomic E-state index is 0.0530. The van der Waals surface area contributed by atoms with Crippen LogP contribution in [0.1, 0.15) is 29.9 Å². The van der Waals surface area contributed by atoms with Gasteiger partial charge in [-0.1, -0.05) is 48.0 Å². The number of para-hydroxylation sites is 2. The van der Waals surface area contributed by atoms with Crippen LogP contribution in [-0.2, 0) is 17.8 Å². The van der Waals surface area contributed by atoms with Gasteiger partial charge in [0.25, 0.3) is 0 Å². The predicted molar refractivity (Wildman–Crippen MR) is 124 cm³/mol. The number of carbonyl (C=O) groups excluding carboxylic acids is 1. The van der Waals surface area contributed by atoms with E-state index in [-0.39, 0.29) is 11.9 Å². The molecule has 1 atom stereocenters. The first-order valence-electron chi connectivity index (χ1n) is 10.2. The summed E-state index contributed by atoms with van der Waals surface area (Å²) in [6, 6.07) is 23.1. The first-order chi connectivity index (χ1) is 15.0. The molecule has 0 fully saturated rings. The second kappa shape index (κ2) is 9.23. The van der Waals surface area contributed by atoms with E-state index < -0.39 is 0 Å². The Balaban J connectivity index is 1.55. The maximum absolute atomic E-state index is 12.7. The van der Waals surface area contributed by atoms with Crippen molar-refractivity contribution in [1.82, 2.24) is 14.9 Å². The number of hydrogen-bond donors (Lipinski definition) is 1. The number of methoxy groups -OCH3 is 1. The summed E-state index contributed by atoms with van der Waals surface area (Å²) in [5.74, 6) is 1.54. The van der Waals surface area contributed by atoms with E-state index >= 15 is 0 Å². The third-order valence-electron chi connectivity index (χ3n) is 5.23. The van der Waals surface area contributed by atoms with Crippen molar-refractivity contribution in [3.05, 3.63) is 94.8 Å². The van der Waals surface area contributed by atoms with Crippen LogP contribution in [0.3, 0.4) is 0 Å². The van der Waals surface area contributed by atoms with E-state index in [2.05, 4.69) is 9.88 Å². The molecule has 0 saturated heterocycles. The van der Waals surface area contributed by atoms with E-state index in [4.69, 9.17) is 21.3 Å². The molecule has 0 spiro atoms. The number of halogens is 1. The Morgan fingerprint density at radius 2 is 1.71 bits per heavy atom. The Labute approximate surface area is 186 Å². The second-order valence-corrected chi connectivity index (χ2v) is 7.92. The molecule has 5 nitrogen and oxygen atoms in total. The molecule has 158 valence electrons. The van der Waals surface area contributed by atoms with E-state index in [0.717, 1.165) is 33.7 Å². The quantitative estimate of drug-likeness (QED) is 0.437. The third-order valence-corrected chi connectivity index (χ3v) is 5.48. The molecule has 0 aliphatic rings. The molecular formula is C25H24ClN3O2. The van der Waals surface area contributed by atoms with Crippen LogP contribution in [0.2, 0.25) is 5.02 Å². The van der Waals surface area contributed by atoms with Gasteiger partial charge >= 0.3 is 0 Å². The van der Waals surface area contributed by atoms with Crippen molar-refractivity contribution in [1.29, 1.82) is 0 Å². The zero-order chi connectivity index (χ0) is 21.8. The minimum atomic E-state index is -0.245. The Morgan fingerprint density at radius 1 is 1.03 bits per heavy atom. The number of aromatic nitrogens is 2. The lowest BCUT2D eigenvalue weighted by atomic mass is 10.1. The summed E-state index contributed by atoms with van der Waals surface area (Å²) < 4.78 is 7.32. The second-order valence-electron chi connectivity index (χ2n) is 7.49. The molecular weight excluding hydrogens is 410 g/mol. The fourth-order valence-electron chi connectivity index (χ4n) is 3.65. The number of fused-ring (bicyclic) bond motifs is 1. The number of imidazole rings is 1. The van der Waals surface area contributed by atoms with Crippen LogP contribution >= 0.6 is 11.6 Å². The van der Waals surface area contributed by atoms with Crippen LogP contribution in [0.4, 0.5) is 0 Å². The number of benzene rings is 3. The van der Waals surface area contributed by atoms with Gasteiger partial charge < -0.3 is 14.6 Å². The summed E-state index contributed by atoms with van der Waals surface area (Å²) in [6.07, 6.45) is 0.297. The summed E-state index contributed by atoms with van der Waals surface area (Å²) in [5, 5.41) is 3.80. The zero-order valence-electron chi connectivity index (χ0n) is 17.5. The van der Waals surface area contributed by atoms with Gasteiger partial charge in [-0.3, -0.25) is 4.79 Å². The highest BCUT2D eigenvalue weighted by atomic mass is 35.5. The highest BCUT2D eigenvalue weighted by Gasteiger charge is 2.19. The topological polar surface area (TPSA) is 56.1 Å². The van der Waals surface area contributed by atoms with Gasteiger partial charge in [0.1, 0.15) is 11.6 Å². The molecule has 0 radical (unpaired) electrons. The molecule has 0 bridgehead atoms. The van der Waals surface area contributed by atoms with Gasteiger partial charge in [0, 0.05) is 11.6 Å². The third kappa shape index (κ3) is 4.89. The fourth-order valence-corrected chi connectivity index (χ4v) is 3.78. The minimum Gasteiger partial charge on any atom is -0.497 e. The number of hydrogen-bond acceptors (Lipinski definition) is 3. The number of carbonyl (C=O) groups is 1. The van der Waals surface area contributed by atoms with Gasteiger partial charge in [-0.15, -0.1) is 0 Å². The number of nitrogens with one attached hydrogen (secondary N) is 1. The SMILES string of the molecule is COc1ccc(CC(=O)NC(C)c2nc3ccccc3n2Cc2ccc(Cl)cc2)cc1. The van der Waals surface area contributed by atoms with Gasteiger partial charge in [-0.2, -0.15) is 0 Å². The monoisotopic (exact) mass is 433 g/mol. The predicted octanol–water partition coefficient (Wildman–Crippen LogP) is 5.17. The summed E-state index contributed by atoms with van der Waals surface area (Å²) in [4.78, 5) is 17.5. The van der Waals surface area contributed by atoms with Crippen molar-refractivity contribution >= 4 is 28.5 Å². The van der Waals surface area contributed by atoms with Crippen molar-refractivity contribution in [2.24, 2.45) is 0 Å². The Kier molecular flexibility index (Phi) is 6.23. The smallest absolute Gasteiger partial charge is 0.224 e. The maximum Gasteiger partial charge on any atom is 0.224 e. The molecule has 0 saturated carbocycles. The number of ether oxygens (including phenoxy) is 1. The van der Waals surface area contributed by atoms with Crippen LogP contribution in [0.25, 0.3) is 11.0 Å². The number of rotatable bonds is 7. The highest BCUT2D eigenvalue weighted by molar-refractivity contribution is 6.30. The number of amides is 1. The Hall–Kier alpha value is -3.31. The van der Waals surface area contributed by atoms with Crippen molar-refractivity contribution < 1.29 is 9.53 Å².